The lowest BCUT2D eigenvalue weighted by Gasteiger charge is -2.29. The van der Waals surface area contributed by atoms with Gasteiger partial charge in [-0.15, -0.1) is 0 Å². The highest BCUT2D eigenvalue weighted by Crippen LogP contribution is 2.41. The van der Waals surface area contributed by atoms with Gasteiger partial charge in [-0.2, -0.15) is 8.78 Å². The summed E-state index contributed by atoms with van der Waals surface area (Å²) >= 11 is 0. The van der Waals surface area contributed by atoms with Crippen molar-refractivity contribution in [3.63, 3.8) is 0 Å². The van der Waals surface area contributed by atoms with E-state index in [1.54, 1.807) is 0 Å². The van der Waals surface area contributed by atoms with E-state index in [9.17, 15) is 30.7 Å². The number of benzene rings is 2. The summed E-state index contributed by atoms with van der Waals surface area (Å²) in [6.45, 7) is 2.13. The Hall–Kier alpha value is -2.25. The standard InChI is InChI=1S/C24H25F7O/c1-2-3-4-5-14-6-8-15(9-7-14)16-10-18(25)22(19(26)11-16)24(30,31)32-17-12-20(27)23(29)21(28)13-17/h10-15H,2-9H2,1H3. The van der Waals surface area contributed by atoms with Crippen LogP contribution in [-0.4, -0.2) is 0 Å². The van der Waals surface area contributed by atoms with Crippen molar-refractivity contribution in [2.45, 2.75) is 70.3 Å². The molecule has 32 heavy (non-hydrogen) atoms. The largest absolute Gasteiger partial charge is 0.432 e. The van der Waals surface area contributed by atoms with E-state index in [-0.39, 0.29) is 18.1 Å². The van der Waals surface area contributed by atoms with Crippen LogP contribution < -0.4 is 4.74 Å². The van der Waals surface area contributed by atoms with E-state index in [1.165, 1.54) is 6.42 Å². The molecule has 3 rings (SSSR count). The molecular weight excluding hydrogens is 437 g/mol. The van der Waals surface area contributed by atoms with Gasteiger partial charge in [0, 0.05) is 12.1 Å². The fourth-order valence-electron chi connectivity index (χ4n) is 4.36. The lowest BCUT2D eigenvalue weighted by atomic mass is 9.77. The molecule has 1 aliphatic carbocycles. The van der Waals surface area contributed by atoms with Crippen LogP contribution in [0.4, 0.5) is 30.7 Å². The van der Waals surface area contributed by atoms with Crippen LogP contribution in [0.3, 0.4) is 0 Å². The third-order valence-electron chi connectivity index (χ3n) is 6.09. The van der Waals surface area contributed by atoms with Gasteiger partial charge in [0.15, 0.2) is 17.5 Å². The van der Waals surface area contributed by atoms with Crippen molar-refractivity contribution >= 4 is 0 Å². The Morgan fingerprint density at radius 2 is 1.38 bits per heavy atom. The SMILES string of the molecule is CCCCCC1CCC(c2cc(F)c(C(F)(F)Oc3cc(F)c(F)c(F)c3)c(F)c2)CC1. The smallest absolute Gasteiger partial charge is 0.429 e. The molecule has 0 aliphatic heterocycles. The van der Waals surface area contributed by atoms with Crippen molar-refractivity contribution in [3.8, 4) is 5.75 Å². The maximum Gasteiger partial charge on any atom is 0.432 e. The van der Waals surface area contributed by atoms with Gasteiger partial charge in [-0.1, -0.05) is 32.6 Å². The molecule has 0 aromatic heterocycles. The van der Waals surface area contributed by atoms with Crippen molar-refractivity contribution < 1.29 is 35.5 Å². The number of hydrogen-bond donors (Lipinski definition) is 0. The molecular formula is C24H25F7O. The van der Waals surface area contributed by atoms with Gasteiger partial charge in [0.25, 0.3) is 0 Å². The molecule has 8 heteroatoms. The average molecular weight is 462 g/mol. The molecule has 1 saturated carbocycles. The molecule has 0 radical (unpaired) electrons. The van der Waals surface area contributed by atoms with Crippen LogP contribution in [0, 0.1) is 35.0 Å². The Morgan fingerprint density at radius 3 is 1.91 bits per heavy atom. The Balaban J connectivity index is 1.74. The Bertz CT molecular complexity index is 890. The Labute approximate surface area is 182 Å². The summed E-state index contributed by atoms with van der Waals surface area (Å²) in [5.41, 5.74) is -1.37. The zero-order valence-corrected chi connectivity index (χ0v) is 17.7. The van der Waals surface area contributed by atoms with E-state index in [0.717, 1.165) is 57.1 Å². The van der Waals surface area contributed by atoms with E-state index < -0.39 is 46.5 Å². The summed E-state index contributed by atoms with van der Waals surface area (Å²) in [7, 11) is 0. The highest BCUT2D eigenvalue weighted by Gasteiger charge is 2.42. The van der Waals surface area contributed by atoms with Crippen LogP contribution in [0.15, 0.2) is 24.3 Å². The van der Waals surface area contributed by atoms with Gasteiger partial charge >= 0.3 is 6.11 Å². The minimum atomic E-state index is -4.57. The number of ether oxygens (including phenoxy) is 1. The molecule has 0 bridgehead atoms. The van der Waals surface area contributed by atoms with E-state index in [2.05, 4.69) is 11.7 Å². The molecule has 2 aromatic carbocycles. The molecule has 0 heterocycles. The minimum absolute atomic E-state index is 0.134. The van der Waals surface area contributed by atoms with Crippen molar-refractivity contribution in [2.75, 3.05) is 0 Å². The second-order valence-corrected chi connectivity index (χ2v) is 8.39. The summed E-state index contributed by atoms with van der Waals surface area (Å²) in [6, 6.07) is 2.08. The predicted molar refractivity (Wildman–Crippen MR) is 106 cm³/mol. The first-order valence-corrected chi connectivity index (χ1v) is 10.8. The zero-order valence-electron chi connectivity index (χ0n) is 17.7. The third-order valence-corrected chi connectivity index (χ3v) is 6.09. The van der Waals surface area contributed by atoms with E-state index in [0.29, 0.717) is 11.5 Å². The topological polar surface area (TPSA) is 9.23 Å². The molecule has 0 unspecified atom stereocenters. The minimum Gasteiger partial charge on any atom is -0.429 e. The molecule has 1 aliphatic rings. The number of unbranched alkanes of at least 4 members (excludes halogenated alkanes) is 2. The van der Waals surface area contributed by atoms with Gasteiger partial charge in [0.1, 0.15) is 22.9 Å². The summed E-state index contributed by atoms with van der Waals surface area (Å²) in [5, 5.41) is 0. The van der Waals surface area contributed by atoms with Gasteiger partial charge in [-0.25, -0.2) is 22.0 Å². The molecule has 0 saturated heterocycles. The highest BCUT2D eigenvalue weighted by molar-refractivity contribution is 5.33. The first-order chi connectivity index (χ1) is 15.1. The Kier molecular flexibility index (Phi) is 7.72. The maximum absolute atomic E-state index is 14.6. The lowest BCUT2D eigenvalue weighted by Crippen LogP contribution is -2.26. The van der Waals surface area contributed by atoms with Gasteiger partial charge < -0.3 is 4.74 Å². The molecule has 2 aromatic rings. The summed E-state index contributed by atoms with van der Waals surface area (Å²) in [4.78, 5) is 0. The summed E-state index contributed by atoms with van der Waals surface area (Å²) < 4.78 is 102. The number of alkyl halides is 2. The molecule has 0 N–H and O–H groups in total. The Morgan fingerprint density at radius 1 is 0.812 bits per heavy atom. The van der Waals surface area contributed by atoms with E-state index in [1.807, 2.05) is 0 Å². The second-order valence-electron chi connectivity index (χ2n) is 8.39. The van der Waals surface area contributed by atoms with Crippen LogP contribution in [0.2, 0.25) is 0 Å². The quantitative estimate of drug-likeness (QED) is 0.218. The van der Waals surface area contributed by atoms with E-state index in [4.69, 9.17) is 0 Å². The van der Waals surface area contributed by atoms with Crippen LogP contribution in [-0.2, 0) is 6.11 Å². The highest BCUT2D eigenvalue weighted by atomic mass is 19.3. The second kappa shape index (κ2) is 10.1. The van der Waals surface area contributed by atoms with E-state index >= 15 is 0 Å². The zero-order chi connectivity index (χ0) is 23.5. The van der Waals surface area contributed by atoms with Crippen LogP contribution >= 0.6 is 0 Å². The number of rotatable bonds is 8. The number of halogens is 7. The summed E-state index contributed by atoms with van der Waals surface area (Å²) in [5.74, 6) is -9.10. The molecule has 0 amide bonds. The fraction of sp³-hybridized carbons (Fsp3) is 0.500. The van der Waals surface area contributed by atoms with Crippen LogP contribution in [0.1, 0.15) is 75.3 Å². The molecule has 0 spiro atoms. The predicted octanol–water partition coefficient (Wildman–Crippen LogP) is 8.36. The van der Waals surface area contributed by atoms with Gasteiger partial charge in [-0.05, 0) is 55.2 Å². The molecule has 176 valence electrons. The monoisotopic (exact) mass is 462 g/mol. The summed E-state index contributed by atoms with van der Waals surface area (Å²) in [6.07, 6.45) is 3.29. The van der Waals surface area contributed by atoms with Crippen LogP contribution in [0.5, 0.6) is 5.75 Å². The van der Waals surface area contributed by atoms with Crippen LogP contribution in [0.25, 0.3) is 0 Å². The number of hydrogen-bond acceptors (Lipinski definition) is 1. The first kappa shape index (κ1) is 24.4. The first-order valence-electron chi connectivity index (χ1n) is 10.8. The van der Waals surface area contributed by atoms with Crippen molar-refractivity contribution in [1.82, 2.24) is 0 Å². The lowest BCUT2D eigenvalue weighted by molar-refractivity contribution is -0.189. The molecule has 0 atom stereocenters. The molecule has 1 fully saturated rings. The van der Waals surface area contributed by atoms with Gasteiger partial charge in [0.2, 0.25) is 0 Å². The molecule has 1 nitrogen and oxygen atoms in total. The fourth-order valence-corrected chi connectivity index (χ4v) is 4.36. The van der Waals surface area contributed by atoms with Crippen molar-refractivity contribution in [2.24, 2.45) is 5.92 Å². The van der Waals surface area contributed by atoms with Gasteiger partial charge in [-0.3, -0.25) is 0 Å². The van der Waals surface area contributed by atoms with Crippen molar-refractivity contribution in [3.05, 3.63) is 64.5 Å². The maximum atomic E-state index is 14.6. The van der Waals surface area contributed by atoms with Gasteiger partial charge in [0.05, 0.1) is 0 Å². The normalized spacial score (nSPS) is 19.2. The average Bonchev–Trinajstić information content (AvgIpc) is 2.71. The third kappa shape index (κ3) is 5.56. The van der Waals surface area contributed by atoms with Crippen molar-refractivity contribution in [1.29, 1.82) is 0 Å².